The number of aliphatic hydroxyl groups is 1. The molecule has 39 heavy (non-hydrogen) atoms. The van der Waals surface area contributed by atoms with Crippen LogP contribution in [0.4, 0.5) is 5.69 Å². The molecule has 0 aliphatic heterocycles. The second-order valence-electron chi connectivity index (χ2n) is 11.5. The number of hydrogen-bond donors (Lipinski definition) is 2. The lowest BCUT2D eigenvalue weighted by Crippen LogP contribution is -2.14. The van der Waals surface area contributed by atoms with E-state index in [0.717, 1.165) is 12.3 Å². The molecule has 1 aromatic carbocycles. The molecule has 2 saturated carbocycles. The number of hydrogen-bond acceptors (Lipinski definition) is 5. The quantitative estimate of drug-likeness (QED) is 0.267. The fourth-order valence-electron chi connectivity index (χ4n) is 4.22. The van der Waals surface area contributed by atoms with E-state index in [2.05, 4.69) is 59.7 Å². The number of nitrogens with zero attached hydrogens (tertiary/aromatic N) is 1. The topological polar surface area (TPSA) is 103 Å². The summed E-state index contributed by atoms with van der Waals surface area (Å²) >= 11 is 0. The number of pyridine rings is 1. The van der Waals surface area contributed by atoms with Gasteiger partial charge in [0.15, 0.2) is 0 Å². The maximum Gasteiger partial charge on any atom is 0.292 e. The van der Waals surface area contributed by atoms with E-state index in [1.165, 1.54) is 72.7 Å². The van der Waals surface area contributed by atoms with Crippen LogP contribution in [0.2, 0.25) is 0 Å². The van der Waals surface area contributed by atoms with Crippen LogP contribution >= 0.6 is 0 Å². The van der Waals surface area contributed by atoms with E-state index in [4.69, 9.17) is 9.90 Å². The summed E-state index contributed by atoms with van der Waals surface area (Å²) in [6.07, 6.45) is 11.5. The number of nitrogens with one attached hydrogen (secondary N) is 1. The summed E-state index contributed by atoms with van der Waals surface area (Å²) in [5.74, 6) is 1.24. The highest BCUT2D eigenvalue weighted by atomic mass is 16.5. The first-order chi connectivity index (χ1) is 17.9. The van der Waals surface area contributed by atoms with Gasteiger partial charge in [0.25, 0.3) is 6.47 Å². The Morgan fingerprint density at radius 1 is 1.21 bits per heavy atom. The lowest BCUT2D eigenvalue weighted by atomic mass is 9.78. The van der Waals surface area contributed by atoms with E-state index in [0.29, 0.717) is 17.8 Å². The fraction of sp³-hybridized carbons (Fsp3) is 0.576. The minimum Gasteiger partial charge on any atom is -0.471 e. The molecular weight excluding hydrogens is 488 g/mol. The summed E-state index contributed by atoms with van der Waals surface area (Å²) < 4.78 is 3.86. The minimum absolute atomic E-state index is 0. The summed E-state index contributed by atoms with van der Waals surface area (Å²) in [6.45, 7) is 18.7. The van der Waals surface area contributed by atoms with Gasteiger partial charge >= 0.3 is 0 Å². The van der Waals surface area contributed by atoms with Crippen LogP contribution < -0.4 is 5.32 Å². The third kappa shape index (κ3) is 13.8. The minimum atomic E-state index is -0.500. The average molecular weight is 543 g/mol. The first-order valence-electron chi connectivity index (χ1n) is 14.0. The predicted octanol–water partition coefficient (Wildman–Crippen LogP) is 6.83. The molecule has 220 valence electrons. The Balaban J connectivity index is 0.00000104. The van der Waals surface area contributed by atoms with Crippen LogP contribution in [0.1, 0.15) is 95.4 Å². The van der Waals surface area contributed by atoms with E-state index in [-0.39, 0.29) is 5.48 Å². The summed E-state index contributed by atoms with van der Waals surface area (Å²) in [6, 6.07) is 9.34. The maximum atomic E-state index is 8.95. The summed E-state index contributed by atoms with van der Waals surface area (Å²) in [4.78, 5) is 13.4. The van der Waals surface area contributed by atoms with Gasteiger partial charge in [0.2, 0.25) is 0 Å². The molecule has 0 bridgehead atoms. The number of aryl methyl sites for hydroxylation is 1. The standard InChI is InChI=1S/C25H32N2.C4H10O.C2H4O2.C2H6.H2O/c1-17-11-21(16-27-15-17)13-23(18(2)25(3)9-10-25)22-8-7-20(12-19-5-6-19)14-24(22)26-4;1-4(2,3)5;1-4-2-3;1-2;/h7-8,11,14-16,19,23,26H,2,5-6,9-10,12-13H2,1,3-4H3;5H,1-3H3;2H,1H3;1-2H3;1H2. The molecule has 1 heterocycles. The van der Waals surface area contributed by atoms with Crippen molar-refractivity contribution in [2.24, 2.45) is 11.3 Å². The van der Waals surface area contributed by atoms with E-state index >= 15 is 0 Å². The molecular formula is C33H54N2O4. The number of allylic oxidation sites excluding steroid dienone is 1. The van der Waals surface area contributed by atoms with Gasteiger partial charge in [0.05, 0.1) is 12.7 Å². The third-order valence-corrected chi connectivity index (χ3v) is 6.65. The van der Waals surface area contributed by atoms with Gasteiger partial charge in [-0.05, 0) is 106 Å². The van der Waals surface area contributed by atoms with E-state index in [1.807, 2.05) is 33.3 Å². The normalized spacial score (nSPS) is 15.2. The Morgan fingerprint density at radius 3 is 2.21 bits per heavy atom. The predicted molar refractivity (Wildman–Crippen MR) is 164 cm³/mol. The smallest absolute Gasteiger partial charge is 0.292 e. The van der Waals surface area contributed by atoms with E-state index in [1.54, 1.807) is 20.8 Å². The zero-order valence-electron chi connectivity index (χ0n) is 25.9. The maximum absolute atomic E-state index is 8.95. The van der Waals surface area contributed by atoms with Crippen molar-refractivity contribution < 1.29 is 20.1 Å². The zero-order chi connectivity index (χ0) is 28.9. The number of methoxy groups -OCH3 is 1. The van der Waals surface area contributed by atoms with Crippen molar-refractivity contribution in [1.29, 1.82) is 0 Å². The van der Waals surface area contributed by atoms with Crippen LogP contribution in [0, 0.1) is 18.3 Å². The van der Waals surface area contributed by atoms with Crippen LogP contribution in [-0.2, 0) is 22.4 Å². The van der Waals surface area contributed by atoms with E-state index < -0.39 is 5.60 Å². The monoisotopic (exact) mass is 542 g/mol. The number of ether oxygens (including phenoxy) is 1. The van der Waals surface area contributed by atoms with Crippen LogP contribution in [0.15, 0.2) is 48.8 Å². The first kappa shape index (κ1) is 36.3. The SMILES string of the molecule is C=C(C(Cc1cncc(C)c1)c1ccc(CC2CC2)cc1NC)C1(C)CC1.CC.CC(C)(C)O.COC=O.O. The van der Waals surface area contributed by atoms with Crippen LogP contribution in [0.3, 0.4) is 0 Å². The van der Waals surface area contributed by atoms with Gasteiger partial charge in [-0.1, -0.05) is 51.1 Å². The summed E-state index contributed by atoms with van der Waals surface area (Å²) in [7, 11) is 3.36. The molecule has 2 fully saturated rings. The van der Waals surface area contributed by atoms with Gasteiger partial charge in [-0.2, -0.15) is 0 Å². The van der Waals surface area contributed by atoms with Crippen LogP contribution in [0.5, 0.6) is 0 Å². The highest BCUT2D eigenvalue weighted by Gasteiger charge is 2.43. The molecule has 0 saturated heterocycles. The molecule has 1 atom stereocenters. The van der Waals surface area contributed by atoms with Gasteiger partial charge in [-0.25, -0.2) is 0 Å². The third-order valence-electron chi connectivity index (χ3n) is 6.65. The number of aromatic nitrogens is 1. The lowest BCUT2D eigenvalue weighted by molar-refractivity contribution is -0.126. The molecule has 2 aromatic rings. The Labute approximate surface area is 237 Å². The Hall–Kier alpha value is -2.70. The van der Waals surface area contributed by atoms with Gasteiger partial charge in [0.1, 0.15) is 0 Å². The van der Waals surface area contributed by atoms with Crippen molar-refractivity contribution in [2.45, 2.75) is 98.5 Å². The Kier molecular flexibility index (Phi) is 15.9. The molecule has 4 rings (SSSR count). The highest BCUT2D eigenvalue weighted by Crippen LogP contribution is 2.56. The first-order valence-corrected chi connectivity index (χ1v) is 14.0. The average Bonchev–Trinajstić information content (AvgIpc) is 3.81. The van der Waals surface area contributed by atoms with Gasteiger partial charge in [-0.3, -0.25) is 9.78 Å². The number of benzene rings is 1. The number of carbonyl (C=O) groups excluding carboxylic acids is 1. The second kappa shape index (κ2) is 17.1. The molecule has 1 unspecified atom stereocenters. The van der Waals surface area contributed by atoms with Crippen LogP contribution in [-0.4, -0.2) is 41.8 Å². The van der Waals surface area contributed by atoms with Crippen molar-refractivity contribution in [3.8, 4) is 0 Å². The van der Waals surface area contributed by atoms with Gasteiger partial charge in [0, 0.05) is 31.0 Å². The molecule has 6 nitrogen and oxygen atoms in total. The van der Waals surface area contributed by atoms with Gasteiger partial charge in [-0.15, -0.1) is 0 Å². The molecule has 6 heteroatoms. The summed E-state index contributed by atoms with van der Waals surface area (Å²) in [5, 5.41) is 12.0. The zero-order valence-corrected chi connectivity index (χ0v) is 25.9. The number of anilines is 1. The van der Waals surface area contributed by atoms with Crippen molar-refractivity contribution in [3.05, 3.63) is 71.1 Å². The molecule has 2 aliphatic carbocycles. The van der Waals surface area contributed by atoms with Crippen molar-refractivity contribution >= 4 is 12.2 Å². The van der Waals surface area contributed by atoms with E-state index in [9.17, 15) is 0 Å². The molecule has 0 radical (unpaired) electrons. The van der Waals surface area contributed by atoms with Crippen molar-refractivity contribution in [1.82, 2.24) is 4.98 Å². The number of carbonyl (C=O) groups is 1. The Bertz CT molecular complexity index is 999. The molecule has 0 spiro atoms. The van der Waals surface area contributed by atoms with Gasteiger partial charge < -0.3 is 20.6 Å². The Morgan fingerprint density at radius 2 is 1.77 bits per heavy atom. The molecule has 1 aromatic heterocycles. The largest absolute Gasteiger partial charge is 0.471 e. The molecule has 0 amide bonds. The molecule has 4 N–H and O–H groups in total. The fourth-order valence-corrected chi connectivity index (χ4v) is 4.22. The lowest BCUT2D eigenvalue weighted by Gasteiger charge is -2.27. The highest BCUT2D eigenvalue weighted by molar-refractivity contribution is 5.57. The van der Waals surface area contributed by atoms with Crippen molar-refractivity contribution in [3.63, 3.8) is 0 Å². The summed E-state index contributed by atoms with van der Waals surface area (Å²) in [5.41, 5.74) is 7.83. The second-order valence-corrected chi connectivity index (χ2v) is 11.5. The molecule has 2 aliphatic rings. The van der Waals surface area contributed by atoms with Crippen LogP contribution in [0.25, 0.3) is 0 Å². The van der Waals surface area contributed by atoms with Crippen molar-refractivity contribution in [2.75, 3.05) is 19.5 Å². The number of rotatable bonds is 9.